The first-order chi connectivity index (χ1) is 14.0. The lowest BCUT2D eigenvalue weighted by Crippen LogP contribution is -2.40. The molecule has 5 nitrogen and oxygen atoms in total. The summed E-state index contributed by atoms with van der Waals surface area (Å²) in [6, 6.07) is 12.1. The van der Waals surface area contributed by atoms with Gasteiger partial charge in [0.15, 0.2) is 5.13 Å². The zero-order chi connectivity index (χ0) is 20.4. The molecule has 29 heavy (non-hydrogen) atoms. The molecule has 1 aliphatic rings. The highest BCUT2D eigenvalue weighted by atomic mass is 32.1. The summed E-state index contributed by atoms with van der Waals surface area (Å²) in [5.41, 5.74) is 4.19. The predicted molar refractivity (Wildman–Crippen MR) is 120 cm³/mol. The molecule has 1 atom stereocenters. The van der Waals surface area contributed by atoms with Crippen molar-refractivity contribution >= 4 is 38.3 Å². The summed E-state index contributed by atoms with van der Waals surface area (Å²) < 4.78 is 6.72. The molecule has 0 spiro atoms. The third kappa shape index (κ3) is 4.37. The maximum Gasteiger partial charge on any atom is 0.229 e. The second-order valence-corrected chi connectivity index (χ2v) is 8.66. The van der Waals surface area contributed by atoms with Crippen LogP contribution in [0.1, 0.15) is 30.9 Å². The van der Waals surface area contributed by atoms with Gasteiger partial charge in [0, 0.05) is 18.8 Å². The maximum atomic E-state index is 12.9. The van der Waals surface area contributed by atoms with Gasteiger partial charge in [-0.05, 0) is 63.4 Å². The molecule has 1 fully saturated rings. The molecule has 0 aliphatic carbocycles. The van der Waals surface area contributed by atoms with Gasteiger partial charge in [0.2, 0.25) is 5.91 Å². The van der Waals surface area contributed by atoms with E-state index in [-0.39, 0.29) is 11.8 Å². The highest BCUT2D eigenvalue weighted by Crippen LogP contribution is 2.34. The van der Waals surface area contributed by atoms with Crippen LogP contribution in [0.4, 0.5) is 10.8 Å². The number of aromatic nitrogens is 1. The number of hydrogen-bond acceptors (Lipinski definition) is 5. The van der Waals surface area contributed by atoms with Gasteiger partial charge in [-0.2, -0.15) is 0 Å². The largest absolute Gasteiger partial charge is 0.494 e. The van der Waals surface area contributed by atoms with Crippen LogP contribution in [0.25, 0.3) is 10.2 Å². The molecule has 6 heteroatoms. The number of benzene rings is 2. The summed E-state index contributed by atoms with van der Waals surface area (Å²) >= 11 is 1.67. The van der Waals surface area contributed by atoms with Gasteiger partial charge < -0.3 is 15.0 Å². The number of hydrogen-bond donors (Lipinski definition) is 1. The summed E-state index contributed by atoms with van der Waals surface area (Å²) in [5, 5.41) is 4.11. The van der Waals surface area contributed by atoms with Crippen LogP contribution in [0, 0.1) is 19.8 Å². The van der Waals surface area contributed by atoms with Gasteiger partial charge in [-0.1, -0.05) is 29.0 Å². The summed E-state index contributed by atoms with van der Waals surface area (Å²) in [7, 11) is 0. The first kappa shape index (κ1) is 19.7. The van der Waals surface area contributed by atoms with E-state index in [2.05, 4.69) is 23.2 Å². The number of piperidine rings is 1. The van der Waals surface area contributed by atoms with Crippen molar-refractivity contribution in [2.45, 2.75) is 33.6 Å². The molecule has 2 aromatic carbocycles. The standard InChI is InChI=1S/C23H27N3O2S/c1-4-28-18-8-10-20-21(13-18)29-23(25-20)26-11-5-6-17(14-26)22(27)24-19-9-7-15(2)12-16(19)3/h7-10,12-13,17H,4-6,11,14H2,1-3H3,(H,24,27). The Morgan fingerprint density at radius 3 is 2.93 bits per heavy atom. The molecule has 2 heterocycles. The van der Waals surface area contributed by atoms with Gasteiger partial charge in [-0.15, -0.1) is 0 Å². The zero-order valence-corrected chi connectivity index (χ0v) is 18.0. The van der Waals surface area contributed by atoms with Crippen molar-refractivity contribution in [1.82, 2.24) is 4.98 Å². The highest BCUT2D eigenvalue weighted by Gasteiger charge is 2.27. The van der Waals surface area contributed by atoms with Crippen LogP contribution in [-0.2, 0) is 4.79 Å². The third-order valence-corrected chi connectivity index (χ3v) is 6.44. The van der Waals surface area contributed by atoms with Gasteiger partial charge >= 0.3 is 0 Å². The molecule has 1 N–H and O–H groups in total. The van der Waals surface area contributed by atoms with E-state index in [0.29, 0.717) is 13.2 Å². The SMILES string of the molecule is CCOc1ccc2nc(N3CCCC(C(=O)Nc4ccc(C)cc4C)C3)sc2c1. The Labute approximate surface area is 175 Å². The summed E-state index contributed by atoms with van der Waals surface area (Å²) in [5.74, 6) is 0.941. The fraction of sp³-hybridized carbons (Fsp3) is 0.391. The van der Waals surface area contributed by atoms with Crippen molar-refractivity contribution < 1.29 is 9.53 Å². The smallest absolute Gasteiger partial charge is 0.229 e. The van der Waals surface area contributed by atoms with Crippen molar-refractivity contribution in [3.05, 3.63) is 47.5 Å². The van der Waals surface area contributed by atoms with Crippen LogP contribution >= 0.6 is 11.3 Å². The van der Waals surface area contributed by atoms with E-state index in [0.717, 1.165) is 51.7 Å². The van der Waals surface area contributed by atoms with Crippen LogP contribution in [0.2, 0.25) is 0 Å². The van der Waals surface area contributed by atoms with Crippen LogP contribution in [0.15, 0.2) is 36.4 Å². The van der Waals surface area contributed by atoms with E-state index >= 15 is 0 Å². The van der Waals surface area contributed by atoms with Crippen LogP contribution in [-0.4, -0.2) is 30.6 Å². The number of nitrogens with zero attached hydrogens (tertiary/aromatic N) is 2. The van der Waals surface area contributed by atoms with Crippen molar-refractivity contribution in [1.29, 1.82) is 0 Å². The minimum absolute atomic E-state index is 0.0320. The van der Waals surface area contributed by atoms with Gasteiger partial charge in [0.25, 0.3) is 0 Å². The van der Waals surface area contributed by atoms with Gasteiger partial charge in [0.05, 0.1) is 22.7 Å². The number of aryl methyl sites for hydroxylation is 2. The Morgan fingerprint density at radius 2 is 2.14 bits per heavy atom. The van der Waals surface area contributed by atoms with E-state index in [9.17, 15) is 4.79 Å². The minimum Gasteiger partial charge on any atom is -0.494 e. The van der Waals surface area contributed by atoms with E-state index in [4.69, 9.17) is 9.72 Å². The molecule has 1 amide bonds. The fourth-order valence-corrected chi connectivity index (χ4v) is 4.87. The predicted octanol–water partition coefficient (Wildman–Crippen LogP) is 5.17. The molecule has 1 aliphatic heterocycles. The molecule has 1 unspecified atom stereocenters. The molecule has 1 aromatic heterocycles. The van der Waals surface area contributed by atoms with E-state index < -0.39 is 0 Å². The summed E-state index contributed by atoms with van der Waals surface area (Å²) in [4.78, 5) is 19.9. The Morgan fingerprint density at radius 1 is 1.28 bits per heavy atom. The lowest BCUT2D eigenvalue weighted by Gasteiger charge is -2.31. The van der Waals surface area contributed by atoms with Crippen molar-refractivity contribution in [2.24, 2.45) is 5.92 Å². The molecular weight excluding hydrogens is 382 g/mol. The monoisotopic (exact) mass is 409 g/mol. The van der Waals surface area contributed by atoms with Gasteiger partial charge in [-0.25, -0.2) is 4.98 Å². The highest BCUT2D eigenvalue weighted by molar-refractivity contribution is 7.22. The second-order valence-electron chi connectivity index (χ2n) is 7.65. The van der Waals surface area contributed by atoms with E-state index in [1.54, 1.807) is 11.3 Å². The Hall–Kier alpha value is -2.60. The number of thiazole rings is 1. The second kappa shape index (κ2) is 8.41. The molecule has 3 aromatic rings. The van der Waals surface area contributed by atoms with Crippen molar-refractivity contribution in [2.75, 3.05) is 29.9 Å². The molecule has 0 bridgehead atoms. The normalized spacial score (nSPS) is 16.8. The van der Waals surface area contributed by atoms with Crippen molar-refractivity contribution in [3.8, 4) is 5.75 Å². The van der Waals surface area contributed by atoms with Gasteiger partial charge in [-0.3, -0.25) is 4.79 Å². The number of carbonyl (C=O) groups is 1. The average Bonchev–Trinajstić information content (AvgIpc) is 3.14. The molecular formula is C23H27N3O2S. The summed E-state index contributed by atoms with van der Waals surface area (Å²) in [6.07, 6.45) is 1.90. The van der Waals surface area contributed by atoms with E-state index in [1.165, 1.54) is 5.56 Å². The van der Waals surface area contributed by atoms with Gasteiger partial charge in [0.1, 0.15) is 5.75 Å². The van der Waals surface area contributed by atoms with Crippen LogP contribution in [0.3, 0.4) is 0 Å². The molecule has 4 rings (SSSR count). The average molecular weight is 410 g/mol. The number of nitrogens with one attached hydrogen (secondary N) is 1. The summed E-state index contributed by atoms with van der Waals surface area (Å²) in [6.45, 7) is 8.38. The van der Waals surface area contributed by atoms with Crippen molar-refractivity contribution in [3.63, 3.8) is 0 Å². The van der Waals surface area contributed by atoms with E-state index in [1.807, 2.05) is 44.2 Å². The Balaban J connectivity index is 1.47. The topological polar surface area (TPSA) is 54.5 Å². The molecule has 1 saturated heterocycles. The number of fused-ring (bicyclic) bond motifs is 1. The fourth-order valence-electron chi connectivity index (χ4n) is 3.84. The lowest BCUT2D eigenvalue weighted by atomic mass is 9.97. The zero-order valence-electron chi connectivity index (χ0n) is 17.2. The number of amides is 1. The Kier molecular flexibility index (Phi) is 5.72. The minimum atomic E-state index is -0.0320. The molecule has 0 radical (unpaired) electrons. The number of carbonyl (C=O) groups excluding carboxylic acids is 1. The quantitative estimate of drug-likeness (QED) is 0.632. The number of rotatable bonds is 5. The number of anilines is 2. The number of ether oxygens (including phenoxy) is 1. The maximum absolute atomic E-state index is 12.9. The lowest BCUT2D eigenvalue weighted by molar-refractivity contribution is -0.120. The van der Waals surface area contributed by atoms with Crippen LogP contribution < -0.4 is 15.0 Å². The van der Waals surface area contributed by atoms with Crippen LogP contribution in [0.5, 0.6) is 5.75 Å². The molecule has 152 valence electrons. The first-order valence-corrected chi connectivity index (χ1v) is 11.0. The Bertz CT molecular complexity index is 1030. The first-order valence-electron chi connectivity index (χ1n) is 10.2. The third-order valence-electron chi connectivity index (χ3n) is 5.36. The molecule has 0 saturated carbocycles.